The van der Waals surface area contributed by atoms with Crippen molar-refractivity contribution < 1.29 is 14.3 Å². The third-order valence-corrected chi connectivity index (χ3v) is 4.63. The van der Waals surface area contributed by atoms with Crippen molar-refractivity contribution in [2.75, 3.05) is 13.2 Å². The fourth-order valence-electron chi connectivity index (χ4n) is 2.59. The van der Waals surface area contributed by atoms with Crippen LogP contribution in [-0.4, -0.2) is 41.0 Å². The normalized spacial score (nSPS) is 17.8. The molecule has 1 aromatic heterocycles. The molecule has 24 heavy (non-hydrogen) atoms. The third kappa shape index (κ3) is 3.98. The van der Waals surface area contributed by atoms with E-state index in [1.54, 1.807) is 16.2 Å². The zero-order chi connectivity index (χ0) is 16.9. The number of morpholine rings is 1. The summed E-state index contributed by atoms with van der Waals surface area (Å²) in [6.07, 6.45) is 0. The van der Waals surface area contributed by atoms with Crippen molar-refractivity contribution >= 4 is 23.2 Å². The Morgan fingerprint density at radius 3 is 2.92 bits per heavy atom. The quantitative estimate of drug-likeness (QED) is 0.891. The van der Waals surface area contributed by atoms with Crippen LogP contribution in [0, 0.1) is 6.92 Å². The predicted octanol–water partition coefficient (Wildman–Crippen LogP) is 1.50. The Morgan fingerprint density at radius 1 is 1.42 bits per heavy atom. The summed E-state index contributed by atoms with van der Waals surface area (Å²) in [6.45, 7) is 2.90. The van der Waals surface area contributed by atoms with Crippen molar-refractivity contribution in [2.45, 2.75) is 26.1 Å². The van der Waals surface area contributed by atoms with Crippen molar-refractivity contribution in [2.24, 2.45) is 0 Å². The minimum Gasteiger partial charge on any atom is -0.369 e. The fourth-order valence-corrected chi connectivity index (χ4v) is 3.20. The zero-order valence-electron chi connectivity index (χ0n) is 13.4. The number of carbonyl (C=O) groups excluding carboxylic acids is 2. The lowest BCUT2D eigenvalue weighted by Crippen LogP contribution is -2.55. The SMILES string of the molecule is Cc1nc(CNC(=O)[C@@H]2COCC(=O)N2Cc2ccccc2)cs1. The minimum atomic E-state index is -0.619. The van der Waals surface area contributed by atoms with Crippen molar-refractivity contribution in [1.29, 1.82) is 0 Å². The van der Waals surface area contributed by atoms with E-state index < -0.39 is 6.04 Å². The van der Waals surface area contributed by atoms with Crippen LogP contribution in [0.1, 0.15) is 16.3 Å². The maximum atomic E-state index is 12.5. The molecular weight excluding hydrogens is 326 g/mol. The number of nitrogens with zero attached hydrogens (tertiary/aromatic N) is 2. The molecule has 1 aliphatic rings. The first-order chi connectivity index (χ1) is 11.6. The number of aromatic nitrogens is 1. The van der Waals surface area contributed by atoms with Crippen LogP contribution >= 0.6 is 11.3 Å². The number of rotatable bonds is 5. The molecule has 2 aromatic rings. The van der Waals surface area contributed by atoms with Crippen LogP contribution in [0.25, 0.3) is 0 Å². The average molecular weight is 345 g/mol. The number of hydrogen-bond acceptors (Lipinski definition) is 5. The molecule has 1 saturated heterocycles. The first kappa shape index (κ1) is 16.6. The van der Waals surface area contributed by atoms with Crippen LogP contribution < -0.4 is 5.32 Å². The second kappa shape index (κ2) is 7.55. The maximum absolute atomic E-state index is 12.5. The Balaban J connectivity index is 1.66. The van der Waals surface area contributed by atoms with Crippen LogP contribution in [0.15, 0.2) is 35.7 Å². The van der Waals surface area contributed by atoms with E-state index in [-0.39, 0.29) is 25.0 Å². The van der Waals surface area contributed by atoms with Gasteiger partial charge < -0.3 is 15.0 Å². The van der Waals surface area contributed by atoms with E-state index in [2.05, 4.69) is 10.3 Å². The molecule has 3 rings (SSSR count). The first-order valence-electron chi connectivity index (χ1n) is 7.73. The van der Waals surface area contributed by atoms with E-state index in [0.717, 1.165) is 16.3 Å². The van der Waals surface area contributed by atoms with E-state index in [9.17, 15) is 9.59 Å². The standard InChI is InChI=1S/C17H19N3O3S/c1-12-19-14(11-24-12)7-18-17(22)15-9-23-10-16(21)20(15)8-13-5-3-2-4-6-13/h2-6,11,15H,7-10H2,1H3,(H,18,22)/t15-/m0/s1. The van der Waals surface area contributed by atoms with Gasteiger partial charge >= 0.3 is 0 Å². The van der Waals surface area contributed by atoms with Gasteiger partial charge in [0, 0.05) is 11.9 Å². The van der Waals surface area contributed by atoms with Crippen molar-refractivity contribution in [3.05, 3.63) is 52.0 Å². The highest BCUT2D eigenvalue weighted by atomic mass is 32.1. The highest BCUT2D eigenvalue weighted by Crippen LogP contribution is 2.14. The van der Waals surface area contributed by atoms with E-state index in [0.29, 0.717) is 13.1 Å². The highest BCUT2D eigenvalue weighted by molar-refractivity contribution is 7.09. The maximum Gasteiger partial charge on any atom is 0.249 e. The van der Waals surface area contributed by atoms with Gasteiger partial charge in [0.05, 0.1) is 23.9 Å². The number of aryl methyl sites for hydroxylation is 1. The number of thiazole rings is 1. The van der Waals surface area contributed by atoms with Crippen molar-refractivity contribution in [3.8, 4) is 0 Å². The highest BCUT2D eigenvalue weighted by Gasteiger charge is 2.33. The molecule has 1 fully saturated rings. The Kier molecular flexibility index (Phi) is 5.22. The van der Waals surface area contributed by atoms with Crippen molar-refractivity contribution in [1.82, 2.24) is 15.2 Å². The Labute approximate surface area is 144 Å². The number of benzene rings is 1. The lowest BCUT2D eigenvalue weighted by atomic mass is 10.1. The summed E-state index contributed by atoms with van der Waals surface area (Å²) >= 11 is 1.54. The molecule has 2 amide bonds. The van der Waals surface area contributed by atoms with Gasteiger partial charge in [-0.25, -0.2) is 4.98 Å². The molecule has 1 atom stereocenters. The summed E-state index contributed by atoms with van der Waals surface area (Å²) in [5.74, 6) is -0.389. The molecule has 6 nitrogen and oxygen atoms in total. The molecule has 0 radical (unpaired) electrons. The van der Waals surface area contributed by atoms with Gasteiger partial charge in [-0.2, -0.15) is 0 Å². The van der Waals surface area contributed by atoms with Crippen LogP contribution in [0.3, 0.4) is 0 Å². The second-order valence-electron chi connectivity index (χ2n) is 5.61. The van der Waals surface area contributed by atoms with E-state index >= 15 is 0 Å². The first-order valence-corrected chi connectivity index (χ1v) is 8.61. The lowest BCUT2D eigenvalue weighted by molar-refractivity contribution is -0.155. The monoisotopic (exact) mass is 345 g/mol. The van der Waals surface area contributed by atoms with Gasteiger partial charge in [0.2, 0.25) is 11.8 Å². The molecule has 1 N–H and O–H groups in total. The molecule has 0 spiro atoms. The molecule has 2 heterocycles. The summed E-state index contributed by atoms with van der Waals surface area (Å²) < 4.78 is 5.27. The van der Waals surface area contributed by atoms with Gasteiger partial charge in [-0.3, -0.25) is 9.59 Å². The number of carbonyl (C=O) groups is 2. The molecule has 0 aliphatic carbocycles. The molecule has 1 aliphatic heterocycles. The molecule has 0 saturated carbocycles. The smallest absolute Gasteiger partial charge is 0.249 e. The number of hydrogen-bond donors (Lipinski definition) is 1. The summed E-state index contributed by atoms with van der Waals surface area (Å²) in [4.78, 5) is 30.6. The largest absolute Gasteiger partial charge is 0.369 e. The summed E-state index contributed by atoms with van der Waals surface area (Å²) in [5.41, 5.74) is 1.81. The second-order valence-corrected chi connectivity index (χ2v) is 6.68. The topological polar surface area (TPSA) is 71.5 Å². The number of amides is 2. The van der Waals surface area contributed by atoms with Gasteiger partial charge in [-0.1, -0.05) is 30.3 Å². The van der Waals surface area contributed by atoms with Crippen LogP contribution in [0.5, 0.6) is 0 Å². The molecular formula is C17H19N3O3S. The van der Waals surface area contributed by atoms with Crippen LogP contribution in [-0.2, 0) is 27.4 Å². The Bertz CT molecular complexity index is 717. The number of nitrogens with one attached hydrogen (secondary N) is 1. The summed E-state index contributed by atoms with van der Waals surface area (Å²) in [6, 6.07) is 9.02. The summed E-state index contributed by atoms with van der Waals surface area (Å²) in [7, 11) is 0. The van der Waals surface area contributed by atoms with Gasteiger partial charge in [0.15, 0.2) is 0 Å². The van der Waals surface area contributed by atoms with Gasteiger partial charge in [0.1, 0.15) is 12.6 Å². The molecule has 126 valence electrons. The van der Waals surface area contributed by atoms with Gasteiger partial charge in [-0.15, -0.1) is 11.3 Å². The van der Waals surface area contributed by atoms with E-state index in [1.165, 1.54) is 0 Å². The third-order valence-electron chi connectivity index (χ3n) is 3.81. The van der Waals surface area contributed by atoms with Gasteiger partial charge in [0.25, 0.3) is 0 Å². The van der Waals surface area contributed by atoms with Gasteiger partial charge in [-0.05, 0) is 12.5 Å². The number of ether oxygens (including phenoxy) is 1. The molecule has 0 unspecified atom stereocenters. The van der Waals surface area contributed by atoms with Crippen LogP contribution in [0.2, 0.25) is 0 Å². The fraction of sp³-hybridized carbons (Fsp3) is 0.353. The van der Waals surface area contributed by atoms with E-state index in [1.807, 2.05) is 42.6 Å². The minimum absolute atomic E-state index is 0.0158. The van der Waals surface area contributed by atoms with Crippen LogP contribution in [0.4, 0.5) is 0 Å². The van der Waals surface area contributed by atoms with E-state index in [4.69, 9.17) is 4.74 Å². The lowest BCUT2D eigenvalue weighted by Gasteiger charge is -2.34. The molecule has 7 heteroatoms. The zero-order valence-corrected chi connectivity index (χ0v) is 14.2. The molecule has 1 aromatic carbocycles. The predicted molar refractivity (Wildman–Crippen MR) is 90.3 cm³/mol. The Hall–Kier alpha value is -2.25. The summed E-state index contributed by atoms with van der Waals surface area (Å²) in [5, 5.41) is 5.73. The average Bonchev–Trinajstić information content (AvgIpc) is 3.01. The molecule has 0 bridgehead atoms. The Morgan fingerprint density at radius 2 is 2.21 bits per heavy atom. The van der Waals surface area contributed by atoms with Crippen molar-refractivity contribution in [3.63, 3.8) is 0 Å².